The van der Waals surface area contributed by atoms with Gasteiger partial charge in [-0.15, -0.1) is 0 Å². The van der Waals surface area contributed by atoms with E-state index in [4.69, 9.17) is 10.5 Å². The van der Waals surface area contributed by atoms with Crippen molar-refractivity contribution in [3.63, 3.8) is 0 Å². The zero-order valence-electron chi connectivity index (χ0n) is 10.00. The van der Waals surface area contributed by atoms with E-state index in [1.54, 1.807) is 7.11 Å². The third-order valence-corrected chi connectivity index (χ3v) is 4.39. The van der Waals surface area contributed by atoms with Crippen molar-refractivity contribution in [1.82, 2.24) is 4.90 Å². The van der Waals surface area contributed by atoms with Gasteiger partial charge in [0.25, 0.3) is 0 Å². The number of methoxy groups -OCH3 is 1. The fourth-order valence-corrected chi connectivity index (χ4v) is 3.13. The minimum atomic E-state index is 0.0691. The van der Waals surface area contributed by atoms with Crippen LogP contribution in [0.1, 0.15) is 19.8 Å². The van der Waals surface area contributed by atoms with Gasteiger partial charge in [-0.25, -0.2) is 0 Å². The van der Waals surface area contributed by atoms with Crippen molar-refractivity contribution < 1.29 is 4.74 Å². The Morgan fingerprint density at radius 1 is 1.40 bits per heavy atom. The first-order chi connectivity index (χ1) is 7.29. The van der Waals surface area contributed by atoms with Crippen LogP contribution in [-0.4, -0.2) is 55.3 Å². The molecule has 0 aromatic carbocycles. The number of nitrogens with two attached hydrogens (primary N) is 1. The van der Waals surface area contributed by atoms with Gasteiger partial charge in [0.05, 0.1) is 12.1 Å². The van der Waals surface area contributed by atoms with E-state index < -0.39 is 0 Å². The molecule has 15 heavy (non-hydrogen) atoms. The summed E-state index contributed by atoms with van der Waals surface area (Å²) in [5.41, 5.74) is 6.03. The van der Waals surface area contributed by atoms with Crippen LogP contribution in [0.3, 0.4) is 0 Å². The lowest BCUT2D eigenvalue weighted by molar-refractivity contribution is 0.0164. The maximum absolute atomic E-state index is 5.96. The smallest absolute Gasteiger partial charge is 0.0658 e. The van der Waals surface area contributed by atoms with Gasteiger partial charge in [-0.05, 0) is 25.1 Å². The molecule has 1 saturated heterocycles. The number of rotatable bonds is 5. The molecule has 0 aromatic heterocycles. The Hall–Kier alpha value is 0.230. The number of ether oxygens (including phenoxy) is 1. The zero-order chi connectivity index (χ0) is 11.1. The SMILES string of the molecule is CCC(CN)(COC)N1CCCSCC1. The topological polar surface area (TPSA) is 38.5 Å². The third-order valence-electron chi connectivity index (χ3n) is 3.34. The van der Waals surface area contributed by atoms with Gasteiger partial charge in [0, 0.05) is 26.0 Å². The molecule has 3 nitrogen and oxygen atoms in total. The van der Waals surface area contributed by atoms with Crippen molar-refractivity contribution in [3.8, 4) is 0 Å². The van der Waals surface area contributed by atoms with Crippen LogP contribution in [0.5, 0.6) is 0 Å². The Labute approximate surface area is 97.7 Å². The Balaban J connectivity index is 2.66. The number of thioether (sulfide) groups is 1. The summed E-state index contributed by atoms with van der Waals surface area (Å²) >= 11 is 2.05. The van der Waals surface area contributed by atoms with Crippen LogP contribution in [0.25, 0.3) is 0 Å². The first kappa shape index (κ1) is 13.3. The molecule has 1 aliphatic heterocycles. The summed E-state index contributed by atoms with van der Waals surface area (Å²) in [4.78, 5) is 2.54. The second-order valence-corrected chi connectivity index (χ2v) is 5.39. The van der Waals surface area contributed by atoms with Crippen LogP contribution in [-0.2, 0) is 4.74 Å². The van der Waals surface area contributed by atoms with Crippen LogP contribution in [0.15, 0.2) is 0 Å². The number of hydrogen-bond acceptors (Lipinski definition) is 4. The first-order valence-corrected chi connectivity index (χ1v) is 6.96. The molecule has 1 unspecified atom stereocenters. The van der Waals surface area contributed by atoms with Gasteiger partial charge in [0.1, 0.15) is 0 Å². The summed E-state index contributed by atoms with van der Waals surface area (Å²) in [6, 6.07) is 0. The average Bonchev–Trinajstić information content (AvgIpc) is 2.55. The van der Waals surface area contributed by atoms with Crippen molar-refractivity contribution in [2.75, 3.05) is 44.9 Å². The maximum atomic E-state index is 5.96. The van der Waals surface area contributed by atoms with E-state index in [2.05, 4.69) is 23.6 Å². The Morgan fingerprint density at radius 2 is 2.20 bits per heavy atom. The molecule has 1 aliphatic rings. The predicted molar refractivity (Wildman–Crippen MR) is 67.5 cm³/mol. The van der Waals surface area contributed by atoms with Crippen molar-refractivity contribution in [2.24, 2.45) is 5.73 Å². The lowest BCUT2D eigenvalue weighted by Crippen LogP contribution is -2.57. The summed E-state index contributed by atoms with van der Waals surface area (Å²) in [5.74, 6) is 2.51. The molecule has 1 fully saturated rings. The van der Waals surface area contributed by atoms with Crippen molar-refractivity contribution in [3.05, 3.63) is 0 Å². The first-order valence-electron chi connectivity index (χ1n) is 5.81. The third kappa shape index (κ3) is 3.34. The van der Waals surface area contributed by atoms with Crippen LogP contribution in [0.4, 0.5) is 0 Å². The van der Waals surface area contributed by atoms with E-state index >= 15 is 0 Å². The van der Waals surface area contributed by atoms with Crippen molar-refractivity contribution in [1.29, 1.82) is 0 Å². The highest BCUT2D eigenvalue weighted by atomic mass is 32.2. The van der Waals surface area contributed by atoms with Crippen molar-refractivity contribution >= 4 is 11.8 Å². The highest BCUT2D eigenvalue weighted by molar-refractivity contribution is 7.99. The standard InChI is InChI=1S/C11H24N2OS/c1-3-11(9-12,10-14-2)13-5-4-7-15-8-6-13/h3-10,12H2,1-2H3. The predicted octanol–water partition coefficient (Wildman–Crippen LogP) is 1.18. The van der Waals surface area contributed by atoms with Crippen LogP contribution in [0.2, 0.25) is 0 Å². The van der Waals surface area contributed by atoms with Crippen LogP contribution >= 0.6 is 11.8 Å². The fraction of sp³-hybridized carbons (Fsp3) is 1.00. The molecule has 90 valence electrons. The van der Waals surface area contributed by atoms with Crippen LogP contribution in [0, 0.1) is 0 Å². The molecule has 2 N–H and O–H groups in total. The van der Waals surface area contributed by atoms with E-state index in [9.17, 15) is 0 Å². The Bertz CT molecular complexity index is 166. The average molecular weight is 232 g/mol. The molecule has 1 rings (SSSR count). The number of hydrogen-bond donors (Lipinski definition) is 1. The molecule has 1 atom stereocenters. The highest BCUT2D eigenvalue weighted by Gasteiger charge is 2.33. The van der Waals surface area contributed by atoms with E-state index in [-0.39, 0.29) is 5.54 Å². The lowest BCUT2D eigenvalue weighted by atomic mass is 9.94. The normalized spacial score (nSPS) is 23.4. The maximum Gasteiger partial charge on any atom is 0.0658 e. The highest BCUT2D eigenvalue weighted by Crippen LogP contribution is 2.23. The van der Waals surface area contributed by atoms with Gasteiger partial charge in [-0.2, -0.15) is 11.8 Å². The van der Waals surface area contributed by atoms with Gasteiger partial charge < -0.3 is 10.5 Å². The Kier molecular flexibility index (Phi) is 5.97. The Morgan fingerprint density at radius 3 is 2.80 bits per heavy atom. The van der Waals surface area contributed by atoms with Gasteiger partial charge in [0.2, 0.25) is 0 Å². The van der Waals surface area contributed by atoms with E-state index in [0.717, 1.165) is 19.6 Å². The van der Waals surface area contributed by atoms with Crippen molar-refractivity contribution in [2.45, 2.75) is 25.3 Å². The van der Waals surface area contributed by atoms with Gasteiger partial charge >= 0.3 is 0 Å². The summed E-state index contributed by atoms with van der Waals surface area (Å²) < 4.78 is 5.35. The van der Waals surface area contributed by atoms with Crippen LogP contribution < -0.4 is 5.73 Å². The van der Waals surface area contributed by atoms with E-state index in [1.165, 1.54) is 24.5 Å². The van der Waals surface area contributed by atoms with Gasteiger partial charge in [-0.3, -0.25) is 4.90 Å². The molecule has 4 heteroatoms. The molecule has 0 bridgehead atoms. The molecular formula is C11H24N2OS. The van der Waals surface area contributed by atoms with Gasteiger partial charge in [0.15, 0.2) is 0 Å². The summed E-state index contributed by atoms with van der Waals surface area (Å²) in [6.07, 6.45) is 2.35. The van der Waals surface area contributed by atoms with Gasteiger partial charge in [-0.1, -0.05) is 6.92 Å². The lowest BCUT2D eigenvalue weighted by Gasteiger charge is -2.42. The molecular weight excluding hydrogens is 208 g/mol. The monoisotopic (exact) mass is 232 g/mol. The molecule has 0 saturated carbocycles. The number of nitrogens with zero attached hydrogens (tertiary/aromatic N) is 1. The quantitative estimate of drug-likeness (QED) is 0.772. The largest absolute Gasteiger partial charge is 0.383 e. The summed E-state index contributed by atoms with van der Waals surface area (Å²) in [5, 5.41) is 0. The molecule has 0 amide bonds. The molecule has 0 radical (unpaired) electrons. The molecule has 0 aliphatic carbocycles. The summed E-state index contributed by atoms with van der Waals surface area (Å²) in [7, 11) is 1.77. The fourth-order valence-electron chi connectivity index (χ4n) is 2.24. The zero-order valence-corrected chi connectivity index (χ0v) is 10.8. The second kappa shape index (κ2) is 6.74. The minimum Gasteiger partial charge on any atom is -0.383 e. The minimum absolute atomic E-state index is 0.0691. The summed E-state index contributed by atoms with van der Waals surface area (Å²) in [6.45, 7) is 5.98. The second-order valence-electron chi connectivity index (χ2n) is 4.17. The molecule has 0 spiro atoms. The van der Waals surface area contributed by atoms with E-state index in [0.29, 0.717) is 6.54 Å². The molecule has 1 heterocycles. The van der Waals surface area contributed by atoms with E-state index in [1.807, 2.05) is 0 Å². The molecule has 0 aromatic rings.